The summed E-state index contributed by atoms with van der Waals surface area (Å²) in [6, 6.07) is 12.3. The van der Waals surface area contributed by atoms with Crippen molar-refractivity contribution in [1.82, 2.24) is 10.6 Å². The van der Waals surface area contributed by atoms with E-state index in [1.165, 1.54) is 0 Å². The van der Waals surface area contributed by atoms with E-state index in [9.17, 15) is 4.79 Å². The number of ether oxygens (including phenoxy) is 1. The number of carbonyl (C=O) groups excluding carboxylic acids is 1. The Labute approximate surface area is 168 Å². The highest BCUT2D eigenvalue weighted by Gasteiger charge is 2.13. The molecule has 2 aromatic carbocycles. The van der Waals surface area contributed by atoms with Crippen molar-refractivity contribution in [1.29, 1.82) is 0 Å². The predicted molar refractivity (Wildman–Crippen MR) is 110 cm³/mol. The lowest BCUT2D eigenvalue weighted by molar-refractivity contribution is 0.0972. The first-order chi connectivity index (χ1) is 12.5. The van der Waals surface area contributed by atoms with Gasteiger partial charge in [0.15, 0.2) is 5.11 Å². The smallest absolute Gasteiger partial charge is 0.261 e. The monoisotopic (exact) mass is 410 g/mol. The molecule has 0 aliphatic carbocycles. The normalized spacial score (nSPS) is 10.3. The van der Waals surface area contributed by atoms with Gasteiger partial charge in [-0.2, -0.15) is 0 Å². The van der Waals surface area contributed by atoms with Gasteiger partial charge in [0.1, 0.15) is 5.75 Å². The van der Waals surface area contributed by atoms with Gasteiger partial charge < -0.3 is 10.1 Å². The summed E-state index contributed by atoms with van der Waals surface area (Å²) < 4.78 is 5.68. The van der Waals surface area contributed by atoms with E-state index in [0.29, 0.717) is 34.5 Å². The Kier molecular flexibility index (Phi) is 8.16. The van der Waals surface area contributed by atoms with Crippen molar-refractivity contribution in [2.75, 3.05) is 6.61 Å². The van der Waals surface area contributed by atoms with E-state index in [0.717, 1.165) is 18.4 Å². The van der Waals surface area contributed by atoms with E-state index in [1.807, 2.05) is 6.07 Å². The Morgan fingerprint density at radius 3 is 2.69 bits per heavy atom. The third-order valence-electron chi connectivity index (χ3n) is 3.57. The highest BCUT2D eigenvalue weighted by atomic mass is 35.5. The molecule has 1 amide bonds. The lowest BCUT2D eigenvalue weighted by atomic mass is 10.2. The quantitative estimate of drug-likeness (QED) is 0.499. The third-order valence-corrected chi connectivity index (χ3v) is 4.40. The molecule has 138 valence electrons. The lowest BCUT2D eigenvalue weighted by Crippen LogP contribution is -2.39. The molecule has 0 heterocycles. The summed E-state index contributed by atoms with van der Waals surface area (Å²) in [5.74, 6) is 0.221. The van der Waals surface area contributed by atoms with Crippen molar-refractivity contribution < 1.29 is 9.53 Å². The zero-order valence-electron chi connectivity index (χ0n) is 14.4. The van der Waals surface area contributed by atoms with Crippen molar-refractivity contribution in [3.63, 3.8) is 0 Å². The minimum Gasteiger partial charge on any atom is -0.493 e. The zero-order valence-corrected chi connectivity index (χ0v) is 16.7. The average molecular weight is 411 g/mol. The van der Waals surface area contributed by atoms with Gasteiger partial charge >= 0.3 is 0 Å². The number of thiocarbonyl (C=S) groups is 1. The van der Waals surface area contributed by atoms with Crippen LogP contribution in [0.4, 0.5) is 0 Å². The average Bonchev–Trinajstić information content (AvgIpc) is 2.61. The maximum atomic E-state index is 12.5. The van der Waals surface area contributed by atoms with Crippen LogP contribution in [-0.2, 0) is 6.54 Å². The number of halogens is 2. The van der Waals surface area contributed by atoms with Crippen LogP contribution in [0.3, 0.4) is 0 Å². The Bertz CT molecular complexity index is 784. The SMILES string of the molecule is CCCCOc1ccccc1C(=O)NC(=S)NCc1ccc(Cl)cc1Cl. The summed E-state index contributed by atoms with van der Waals surface area (Å²) in [6.45, 7) is 3.03. The van der Waals surface area contributed by atoms with Gasteiger partial charge in [0, 0.05) is 16.6 Å². The summed E-state index contributed by atoms with van der Waals surface area (Å²) in [5.41, 5.74) is 1.27. The minimum atomic E-state index is -0.322. The molecule has 4 nitrogen and oxygen atoms in total. The predicted octanol–water partition coefficient (Wildman–Crippen LogP) is 4.98. The molecule has 0 radical (unpaired) electrons. The molecule has 0 aliphatic heterocycles. The van der Waals surface area contributed by atoms with Gasteiger partial charge in [0.2, 0.25) is 0 Å². The number of hydrogen-bond donors (Lipinski definition) is 2. The molecule has 0 saturated heterocycles. The van der Waals surface area contributed by atoms with Gasteiger partial charge in [0.25, 0.3) is 5.91 Å². The van der Waals surface area contributed by atoms with Gasteiger partial charge in [-0.25, -0.2) is 0 Å². The van der Waals surface area contributed by atoms with E-state index in [2.05, 4.69) is 17.6 Å². The van der Waals surface area contributed by atoms with Crippen LogP contribution in [0.15, 0.2) is 42.5 Å². The lowest BCUT2D eigenvalue weighted by Gasteiger charge is -2.13. The van der Waals surface area contributed by atoms with Crippen molar-refractivity contribution >= 4 is 46.4 Å². The number of nitrogens with one attached hydrogen (secondary N) is 2. The standard InChI is InChI=1S/C19H20Cl2N2O2S/c1-2-3-10-25-17-7-5-4-6-15(17)18(24)23-19(26)22-12-13-8-9-14(20)11-16(13)21/h4-9,11H,2-3,10,12H2,1H3,(H2,22,23,24,26). The fraction of sp³-hybridized carbons (Fsp3) is 0.263. The number of para-hydroxylation sites is 1. The van der Waals surface area contributed by atoms with Crippen LogP contribution in [0.1, 0.15) is 35.7 Å². The van der Waals surface area contributed by atoms with E-state index >= 15 is 0 Å². The van der Waals surface area contributed by atoms with Crippen LogP contribution in [0.2, 0.25) is 10.0 Å². The van der Waals surface area contributed by atoms with Gasteiger partial charge in [-0.05, 0) is 48.5 Å². The highest BCUT2D eigenvalue weighted by Crippen LogP contribution is 2.21. The summed E-state index contributed by atoms with van der Waals surface area (Å²) >= 11 is 17.2. The summed E-state index contributed by atoms with van der Waals surface area (Å²) in [4.78, 5) is 12.5. The maximum absolute atomic E-state index is 12.5. The number of carbonyl (C=O) groups is 1. The molecule has 26 heavy (non-hydrogen) atoms. The topological polar surface area (TPSA) is 50.4 Å². The van der Waals surface area contributed by atoms with Crippen LogP contribution in [0.25, 0.3) is 0 Å². The second-order valence-corrected chi connectivity index (χ2v) is 6.82. The second kappa shape index (κ2) is 10.4. The van der Waals surface area contributed by atoms with Gasteiger partial charge in [-0.15, -0.1) is 0 Å². The van der Waals surface area contributed by atoms with Crippen LogP contribution in [0, 0.1) is 0 Å². The number of amides is 1. The zero-order chi connectivity index (χ0) is 18.9. The number of unbranched alkanes of at least 4 members (excludes halogenated alkanes) is 1. The van der Waals surface area contributed by atoms with E-state index in [-0.39, 0.29) is 11.0 Å². The first-order valence-corrected chi connectivity index (χ1v) is 9.42. The third kappa shape index (κ3) is 6.16. The van der Waals surface area contributed by atoms with Gasteiger partial charge in [-0.1, -0.05) is 54.7 Å². The number of hydrogen-bond acceptors (Lipinski definition) is 3. The van der Waals surface area contributed by atoms with E-state index < -0.39 is 0 Å². The van der Waals surface area contributed by atoms with Crippen LogP contribution in [-0.4, -0.2) is 17.6 Å². The molecule has 0 unspecified atom stereocenters. The fourth-order valence-electron chi connectivity index (χ4n) is 2.16. The van der Waals surface area contributed by atoms with Crippen molar-refractivity contribution in [3.8, 4) is 5.75 Å². The van der Waals surface area contributed by atoms with Crippen LogP contribution in [0.5, 0.6) is 5.75 Å². The first-order valence-electron chi connectivity index (χ1n) is 8.26. The van der Waals surface area contributed by atoms with E-state index in [1.54, 1.807) is 36.4 Å². The molecule has 2 aromatic rings. The van der Waals surface area contributed by atoms with Gasteiger partial charge in [0.05, 0.1) is 12.2 Å². The number of benzene rings is 2. The van der Waals surface area contributed by atoms with Crippen LogP contribution >= 0.6 is 35.4 Å². The van der Waals surface area contributed by atoms with Gasteiger partial charge in [-0.3, -0.25) is 10.1 Å². The largest absolute Gasteiger partial charge is 0.493 e. The Balaban J connectivity index is 1.93. The molecule has 0 fully saturated rings. The minimum absolute atomic E-state index is 0.212. The Hall–Kier alpha value is -1.82. The van der Waals surface area contributed by atoms with Crippen molar-refractivity contribution in [2.45, 2.75) is 26.3 Å². The molecular formula is C19H20Cl2N2O2S. The fourth-order valence-corrected chi connectivity index (χ4v) is 2.80. The Morgan fingerprint density at radius 1 is 1.19 bits per heavy atom. The summed E-state index contributed by atoms with van der Waals surface area (Å²) in [6.07, 6.45) is 1.95. The molecule has 0 aromatic heterocycles. The van der Waals surface area contributed by atoms with Crippen LogP contribution < -0.4 is 15.4 Å². The molecule has 0 bridgehead atoms. The highest BCUT2D eigenvalue weighted by molar-refractivity contribution is 7.80. The molecular weight excluding hydrogens is 391 g/mol. The second-order valence-electron chi connectivity index (χ2n) is 5.57. The molecule has 0 atom stereocenters. The maximum Gasteiger partial charge on any atom is 0.261 e. The molecule has 0 spiro atoms. The van der Waals surface area contributed by atoms with E-state index in [4.69, 9.17) is 40.2 Å². The molecule has 0 aliphatic rings. The summed E-state index contributed by atoms with van der Waals surface area (Å²) in [5, 5.41) is 6.94. The molecule has 7 heteroatoms. The molecule has 2 rings (SSSR count). The number of rotatable bonds is 7. The van der Waals surface area contributed by atoms with Crippen molar-refractivity contribution in [2.24, 2.45) is 0 Å². The summed E-state index contributed by atoms with van der Waals surface area (Å²) in [7, 11) is 0. The molecule has 0 saturated carbocycles. The molecule has 2 N–H and O–H groups in total. The first kappa shape index (κ1) is 20.5. The Morgan fingerprint density at radius 2 is 1.96 bits per heavy atom. The van der Waals surface area contributed by atoms with Crippen molar-refractivity contribution in [3.05, 3.63) is 63.6 Å².